The topological polar surface area (TPSA) is 198 Å². The summed E-state index contributed by atoms with van der Waals surface area (Å²) in [5.74, 6) is -0.484. The van der Waals surface area contributed by atoms with Crippen molar-refractivity contribution in [3.05, 3.63) is 89.8 Å². The van der Waals surface area contributed by atoms with Crippen LogP contribution in [0.4, 0.5) is 17.1 Å². The van der Waals surface area contributed by atoms with Crippen LogP contribution in [0.5, 0.6) is 11.5 Å². The van der Waals surface area contributed by atoms with Crippen LogP contribution in [-0.2, 0) is 4.79 Å². The minimum Gasteiger partial charge on any atom is -0.450 e. The van der Waals surface area contributed by atoms with Crippen molar-refractivity contribution in [3.63, 3.8) is 0 Å². The summed E-state index contributed by atoms with van der Waals surface area (Å²) < 4.78 is 6.74. The van der Waals surface area contributed by atoms with Gasteiger partial charge in [0.2, 0.25) is 5.75 Å². The Labute approximate surface area is 202 Å². The molecule has 2 aromatic carbocycles. The predicted molar refractivity (Wildman–Crippen MR) is 125 cm³/mol. The lowest BCUT2D eigenvalue weighted by molar-refractivity contribution is -0.394. The van der Waals surface area contributed by atoms with Gasteiger partial charge in [0.15, 0.2) is 0 Å². The van der Waals surface area contributed by atoms with E-state index < -0.39 is 38.1 Å². The Morgan fingerprint density at radius 3 is 2.28 bits per heavy atom. The van der Waals surface area contributed by atoms with Crippen LogP contribution in [0.25, 0.3) is 0 Å². The fraction of sp³-hybridized carbons (Fsp3) is 0.190. The molecule has 3 rings (SSSR count). The first-order valence-electron chi connectivity index (χ1n) is 10.2. The first kappa shape index (κ1) is 25.4. The Morgan fingerprint density at radius 2 is 1.72 bits per heavy atom. The van der Waals surface area contributed by atoms with Gasteiger partial charge in [-0.2, -0.15) is 10.2 Å². The molecule has 1 N–H and O–H groups in total. The number of ether oxygens (including phenoxy) is 1. The number of nitro benzene ring substituents is 2. The average Bonchev–Trinajstić information content (AvgIpc) is 3.13. The highest BCUT2D eigenvalue weighted by Gasteiger charge is 2.27. The molecule has 15 nitrogen and oxygen atoms in total. The molecular formula is C21H19N7O8. The zero-order valence-electron chi connectivity index (χ0n) is 19.1. The maximum atomic E-state index is 12.4. The molecule has 186 valence electrons. The number of nitro groups is 3. The summed E-state index contributed by atoms with van der Waals surface area (Å²) in [5, 5.41) is 41.2. The molecule has 1 aromatic heterocycles. The summed E-state index contributed by atoms with van der Waals surface area (Å²) in [7, 11) is 0. The van der Waals surface area contributed by atoms with Gasteiger partial charge in [0.1, 0.15) is 23.2 Å². The van der Waals surface area contributed by atoms with Crippen LogP contribution in [0, 0.1) is 44.2 Å². The van der Waals surface area contributed by atoms with E-state index in [-0.39, 0.29) is 28.6 Å². The van der Waals surface area contributed by atoms with Crippen LogP contribution in [0.2, 0.25) is 0 Å². The first-order chi connectivity index (χ1) is 17.0. The van der Waals surface area contributed by atoms with Gasteiger partial charge in [-0.15, -0.1) is 0 Å². The van der Waals surface area contributed by atoms with Gasteiger partial charge in [0.25, 0.3) is 11.6 Å². The zero-order chi connectivity index (χ0) is 26.6. The molecule has 1 amide bonds. The highest BCUT2D eigenvalue weighted by atomic mass is 16.6. The third-order valence-corrected chi connectivity index (χ3v) is 5.06. The van der Waals surface area contributed by atoms with Crippen molar-refractivity contribution in [2.24, 2.45) is 5.10 Å². The lowest BCUT2D eigenvalue weighted by Gasteiger charge is -2.11. The monoisotopic (exact) mass is 497 g/mol. The molecule has 0 bridgehead atoms. The highest BCUT2D eigenvalue weighted by molar-refractivity contribution is 5.84. The second-order valence-electron chi connectivity index (χ2n) is 7.47. The molecule has 0 saturated carbocycles. The third kappa shape index (κ3) is 5.46. The number of carbonyl (C=O) groups excluding carboxylic acids is 1. The van der Waals surface area contributed by atoms with Gasteiger partial charge in [-0.1, -0.05) is 0 Å². The van der Waals surface area contributed by atoms with Gasteiger partial charge in [0.05, 0.1) is 27.1 Å². The molecule has 1 atom stereocenters. The van der Waals surface area contributed by atoms with Gasteiger partial charge >= 0.3 is 11.4 Å². The Bertz CT molecular complexity index is 1380. The summed E-state index contributed by atoms with van der Waals surface area (Å²) in [5.41, 5.74) is 2.19. The molecule has 0 radical (unpaired) electrons. The molecule has 36 heavy (non-hydrogen) atoms. The van der Waals surface area contributed by atoms with E-state index in [1.165, 1.54) is 43.8 Å². The second kappa shape index (κ2) is 10.4. The molecule has 0 aliphatic heterocycles. The van der Waals surface area contributed by atoms with Crippen molar-refractivity contribution in [2.75, 3.05) is 0 Å². The summed E-state index contributed by atoms with van der Waals surface area (Å²) in [6, 6.07) is 8.30. The summed E-state index contributed by atoms with van der Waals surface area (Å²) in [4.78, 5) is 43.6. The molecule has 0 spiro atoms. The summed E-state index contributed by atoms with van der Waals surface area (Å²) >= 11 is 0. The molecule has 3 aromatic rings. The van der Waals surface area contributed by atoms with E-state index in [4.69, 9.17) is 4.74 Å². The van der Waals surface area contributed by atoms with Crippen molar-refractivity contribution < 1.29 is 24.3 Å². The number of carbonyl (C=O) groups is 1. The van der Waals surface area contributed by atoms with Crippen molar-refractivity contribution >= 4 is 29.2 Å². The zero-order valence-corrected chi connectivity index (χ0v) is 19.1. The van der Waals surface area contributed by atoms with Gasteiger partial charge < -0.3 is 4.74 Å². The minimum atomic E-state index is -0.859. The van der Waals surface area contributed by atoms with Crippen molar-refractivity contribution in [3.8, 4) is 11.5 Å². The number of amides is 1. The Balaban J connectivity index is 1.66. The lowest BCUT2D eigenvalue weighted by atomic mass is 10.2. The van der Waals surface area contributed by atoms with Crippen LogP contribution >= 0.6 is 0 Å². The quantitative estimate of drug-likeness (QED) is 0.260. The molecule has 0 aliphatic carbocycles. The lowest BCUT2D eigenvalue weighted by Crippen LogP contribution is -2.28. The van der Waals surface area contributed by atoms with Crippen LogP contribution in [0.3, 0.4) is 0 Å². The number of hydrogen-bond acceptors (Lipinski definition) is 10. The molecule has 0 fully saturated rings. The van der Waals surface area contributed by atoms with Gasteiger partial charge in [0, 0.05) is 6.07 Å². The van der Waals surface area contributed by atoms with Crippen LogP contribution in [-0.4, -0.2) is 36.7 Å². The predicted octanol–water partition coefficient (Wildman–Crippen LogP) is 3.73. The van der Waals surface area contributed by atoms with Gasteiger partial charge in [-0.25, -0.2) is 5.43 Å². The maximum absolute atomic E-state index is 12.4. The highest BCUT2D eigenvalue weighted by Crippen LogP contribution is 2.34. The standard InChI is InChI=1S/C21H19N7O8/c1-12-20(28(34)35)13(2)25(24-12)14(3)21(29)23-22-11-15-4-7-17(8-5-15)36-19-9-6-16(26(30)31)10-18(19)27(32)33/h4-11,14H,1-3H3,(H,23,29)/b22-11+. The van der Waals surface area contributed by atoms with E-state index in [2.05, 4.69) is 15.6 Å². The fourth-order valence-corrected chi connectivity index (χ4v) is 3.27. The van der Waals surface area contributed by atoms with E-state index in [1.54, 1.807) is 12.1 Å². The summed E-state index contributed by atoms with van der Waals surface area (Å²) in [6.45, 7) is 4.51. The SMILES string of the molecule is Cc1nn(C(C)C(=O)N/N=C/c2ccc(Oc3ccc([N+](=O)[O-])cc3[N+](=O)[O-])cc2)c(C)c1[N+](=O)[O-]. The van der Waals surface area contributed by atoms with Crippen LogP contribution < -0.4 is 10.2 Å². The largest absolute Gasteiger partial charge is 0.450 e. The number of nitrogens with zero attached hydrogens (tertiary/aromatic N) is 6. The molecule has 1 unspecified atom stereocenters. The normalized spacial score (nSPS) is 11.8. The molecule has 0 saturated heterocycles. The number of benzene rings is 2. The number of hydrogen-bond donors (Lipinski definition) is 1. The van der Waals surface area contributed by atoms with E-state index >= 15 is 0 Å². The molecule has 0 aliphatic rings. The average molecular weight is 497 g/mol. The van der Waals surface area contributed by atoms with E-state index in [0.29, 0.717) is 5.56 Å². The van der Waals surface area contributed by atoms with Crippen molar-refractivity contribution in [1.82, 2.24) is 15.2 Å². The third-order valence-electron chi connectivity index (χ3n) is 5.06. The summed E-state index contributed by atoms with van der Waals surface area (Å²) in [6.07, 6.45) is 1.34. The molecule has 1 heterocycles. The number of hydrazone groups is 1. The van der Waals surface area contributed by atoms with Crippen LogP contribution in [0.15, 0.2) is 47.6 Å². The van der Waals surface area contributed by atoms with Gasteiger partial charge in [-0.3, -0.25) is 39.8 Å². The van der Waals surface area contributed by atoms with E-state index in [1.807, 2.05) is 0 Å². The Hall–Kier alpha value is -5.21. The number of aromatic nitrogens is 2. The number of non-ortho nitro benzene ring substituents is 1. The van der Waals surface area contributed by atoms with Crippen molar-refractivity contribution in [1.29, 1.82) is 0 Å². The van der Waals surface area contributed by atoms with Crippen molar-refractivity contribution in [2.45, 2.75) is 26.8 Å². The smallest absolute Gasteiger partial charge is 0.318 e. The van der Waals surface area contributed by atoms with Crippen LogP contribution in [0.1, 0.15) is 29.9 Å². The maximum Gasteiger partial charge on any atom is 0.318 e. The molecular weight excluding hydrogens is 478 g/mol. The fourth-order valence-electron chi connectivity index (χ4n) is 3.27. The number of aryl methyl sites for hydroxylation is 1. The number of rotatable bonds is 9. The van der Waals surface area contributed by atoms with E-state index in [0.717, 1.165) is 18.2 Å². The second-order valence-corrected chi connectivity index (χ2v) is 7.47. The molecule has 15 heteroatoms. The van der Waals surface area contributed by atoms with E-state index in [9.17, 15) is 35.1 Å². The minimum absolute atomic E-state index is 0.153. The number of nitrogens with one attached hydrogen (secondary N) is 1. The first-order valence-corrected chi connectivity index (χ1v) is 10.2. The Kier molecular flexibility index (Phi) is 7.32. The van der Waals surface area contributed by atoms with Gasteiger partial charge in [-0.05, 0) is 56.7 Å². The Morgan fingerprint density at radius 1 is 1.06 bits per heavy atom.